The molecule has 1 aliphatic rings. The topological polar surface area (TPSA) is 77.1 Å². The van der Waals surface area contributed by atoms with Crippen molar-refractivity contribution >= 4 is 28.8 Å². The van der Waals surface area contributed by atoms with E-state index in [0.717, 1.165) is 4.90 Å². The number of hydrogen-bond donors (Lipinski definition) is 1. The molecule has 7 heteroatoms. The predicted molar refractivity (Wildman–Crippen MR) is 127 cm³/mol. The van der Waals surface area contributed by atoms with E-state index in [4.69, 9.17) is 14.2 Å². The Morgan fingerprint density at radius 2 is 1.45 bits per heavy atom. The zero-order valence-corrected chi connectivity index (χ0v) is 18.6. The Balaban J connectivity index is 1.79. The number of hydrogen-bond acceptors (Lipinski definition) is 6. The fourth-order valence-corrected chi connectivity index (χ4v) is 3.65. The van der Waals surface area contributed by atoms with Crippen molar-refractivity contribution < 1.29 is 23.8 Å². The Morgan fingerprint density at radius 3 is 2.09 bits per heavy atom. The summed E-state index contributed by atoms with van der Waals surface area (Å²) in [4.78, 5) is 28.3. The number of rotatable bonds is 8. The maximum Gasteiger partial charge on any atom is 0.282 e. The van der Waals surface area contributed by atoms with E-state index in [0.29, 0.717) is 40.8 Å². The highest BCUT2D eigenvalue weighted by atomic mass is 16.5. The average Bonchev–Trinajstić information content (AvgIpc) is 3.09. The summed E-state index contributed by atoms with van der Waals surface area (Å²) in [6, 6.07) is 21.1. The van der Waals surface area contributed by atoms with E-state index in [1.54, 1.807) is 79.9 Å². The van der Waals surface area contributed by atoms with E-state index in [1.807, 2.05) is 6.92 Å². The van der Waals surface area contributed by atoms with Gasteiger partial charge in [-0.25, -0.2) is 4.90 Å². The van der Waals surface area contributed by atoms with Crippen molar-refractivity contribution in [2.24, 2.45) is 0 Å². The lowest BCUT2D eigenvalue weighted by atomic mass is 10.0. The molecule has 0 fully saturated rings. The lowest BCUT2D eigenvalue weighted by Crippen LogP contribution is -2.32. The van der Waals surface area contributed by atoms with Gasteiger partial charge in [0.25, 0.3) is 11.8 Å². The highest BCUT2D eigenvalue weighted by molar-refractivity contribution is 6.46. The van der Waals surface area contributed by atoms with Gasteiger partial charge in [0, 0.05) is 5.69 Å². The lowest BCUT2D eigenvalue weighted by Gasteiger charge is -2.18. The first-order valence-electron chi connectivity index (χ1n) is 10.5. The number of amides is 2. The molecule has 0 saturated carbocycles. The molecule has 3 aromatic carbocycles. The molecule has 0 radical (unpaired) electrons. The van der Waals surface area contributed by atoms with Gasteiger partial charge in [-0.15, -0.1) is 0 Å². The van der Waals surface area contributed by atoms with Gasteiger partial charge in [0.05, 0.1) is 32.1 Å². The van der Waals surface area contributed by atoms with E-state index >= 15 is 0 Å². The van der Waals surface area contributed by atoms with Crippen LogP contribution in [0.4, 0.5) is 11.4 Å². The zero-order chi connectivity index (χ0) is 23.4. The lowest BCUT2D eigenvalue weighted by molar-refractivity contribution is -0.120. The van der Waals surface area contributed by atoms with Crippen LogP contribution in [-0.4, -0.2) is 32.6 Å². The Hall–Kier alpha value is -4.26. The number of benzene rings is 3. The third-order valence-corrected chi connectivity index (χ3v) is 5.22. The molecule has 0 spiro atoms. The van der Waals surface area contributed by atoms with Crippen LogP contribution in [0.5, 0.6) is 17.2 Å². The molecule has 1 N–H and O–H groups in total. The predicted octanol–water partition coefficient (Wildman–Crippen LogP) is 4.50. The second kappa shape index (κ2) is 9.48. The van der Waals surface area contributed by atoms with Crippen molar-refractivity contribution in [2.45, 2.75) is 6.92 Å². The molecule has 7 nitrogen and oxygen atoms in total. The van der Waals surface area contributed by atoms with Gasteiger partial charge in [0.15, 0.2) is 0 Å². The van der Waals surface area contributed by atoms with Gasteiger partial charge < -0.3 is 19.5 Å². The summed E-state index contributed by atoms with van der Waals surface area (Å²) in [6.45, 7) is 2.43. The van der Waals surface area contributed by atoms with Crippen molar-refractivity contribution in [1.29, 1.82) is 0 Å². The summed E-state index contributed by atoms with van der Waals surface area (Å²) in [6.07, 6.45) is 0. The molecular formula is C26H24N2O5. The van der Waals surface area contributed by atoms with Crippen LogP contribution in [0.1, 0.15) is 12.5 Å². The van der Waals surface area contributed by atoms with Crippen LogP contribution in [0, 0.1) is 0 Å². The Kier molecular flexibility index (Phi) is 6.31. The Morgan fingerprint density at radius 1 is 0.788 bits per heavy atom. The molecule has 0 aliphatic carbocycles. The molecule has 2 amide bonds. The summed E-state index contributed by atoms with van der Waals surface area (Å²) < 4.78 is 16.1. The second-order valence-electron chi connectivity index (χ2n) is 7.18. The maximum absolute atomic E-state index is 13.6. The highest BCUT2D eigenvalue weighted by Gasteiger charge is 2.41. The van der Waals surface area contributed by atoms with Crippen LogP contribution in [0.15, 0.2) is 78.5 Å². The molecule has 1 aliphatic heterocycles. The van der Waals surface area contributed by atoms with Gasteiger partial charge in [-0.05, 0) is 61.0 Å². The number of nitrogens with one attached hydrogen (secondary N) is 1. The number of nitrogens with zero attached hydrogens (tertiary/aromatic N) is 1. The minimum atomic E-state index is -0.468. The van der Waals surface area contributed by atoms with Gasteiger partial charge in [-0.1, -0.05) is 24.3 Å². The molecule has 3 aromatic rings. The molecular weight excluding hydrogens is 420 g/mol. The van der Waals surface area contributed by atoms with Crippen molar-refractivity contribution in [2.75, 3.05) is 31.0 Å². The fraction of sp³-hybridized carbons (Fsp3) is 0.154. The molecule has 33 heavy (non-hydrogen) atoms. The Bertz CT molecular complexity index is 1200. The van der Waals surface area contributed by atoms with E-state index in [9.17, 15) is 9.59 Å². The molecule has 0 aromatic heterocycles. The summed E-state index contributed by atoms with van der Waals surface area (Å²) in [7, 11) is 3.08. The molecule has 168 valence electrons. The minimum absolute atomic E-state index is 0.181. The third kappa shape index (κ3) is 4.25. The first kappa shape index (κ1) is 22.0. The summed E-state index contributed by atoms with van der Waals surface area (Å²) in [5, 5.41) is 3.14. The smallest absolute Gasteiger partial charge is 0.282 e. The van der Waals surface area contributed by atoms with Gasteiger partial charge in [0.2, 0.25) is 0 Å². The first-order valence-corrected chi connectivity index (χ1v) is 10.5. The highest BCUT2D eigenvalue weighted by Crippen LogP contribution is 2.38. The number of ether oxygens (including phenoxy) is 3. The van der Waals surface area contributed by atoms with Crippen LogP contribution >= 0.6 is 0 Å². The first-order chi connectivity index (χ1) is 16.1. The van der Waals surface area contributed by atoms with Gasteiger partial charge in [-0.3, -0.25) is 9.59 Å². The fourth-order valence-electron chi connectivity index (χ4n) is 3.65. The second-order valence-corrected chi connectivity index (χ2v) is 7.18. The number of carbonyl (C=O) groups is 2. The zero-order valence-electron chi connectivity index (χ0n) is 18.6. The normalized spacial score (nSPS) is 13.4. The molecule has 4 rings (SSSR count). The maximum atomic E-state index is 13.6. The SMILES string of the molecule is CCOc1ccc(C2=C(Nc3ccc(OC)cc3)C(=O)N(c3ccccc3OC)C2=O)cc1. The number of imide groups is 1. The quantitative estimate of drug-likeness (QED) is 0.516. The number of para-hydroxylation sites is 2. The molecule has 0 saturated heterocycles. The van der Waals surface area contributed by atoms with Gasteiger partial charge >= 0.3 is 0 Å². The van der Waals surface area contributed by atoms with E-state index in [-0.39, 0.29) is 11.3 Å². The summed E-state index contributed by atoms with van der Waals surface area (Å²) in [5.41, 5.74) is 2.08. The minimum Gasteiger partial charge on any atom is -0.497 e. The third-order valence-electron chi connectivity index (χ3n) is 5.22. The van der Waals surface area contributed by atoms with E-state index in [1.165, 1.54) is 7.11 Å². The molecule has 0 atom stereocenters. The van der Waals surface area contributed by atoms with Crippen LogP contribution in [0.25, 0.3) is 5.57 Å². The van der Waals surface area contributed by atoms with E-state index < -0.39 is 11.8 Å². The van der Waals surface area contributed by atoms with E-state index in [2.05, 4.69) is 5.32 Å². The summed E-state index contributed by atoms with van der Waals surface area (Å²) >= 11 is 0. The number of carbonyl (C=O) groups excluding carboxylic acids is 2. The van der Waals surface area contributed by atoms with Crippen LogP contribution < -0.4 is 24.4 Å². The van der Waals surface area contributed by atoms with Crippen LogP contribution in [0.3, 0.4) is 0 Å². The number of methoxy groups -OCH3 is 2. The van der Waals surface area contributed by atoms with Crippen LogP contribution in [0.2, 0.25) is 0 Å². The largest absolute Gasteiger partial charge is 0.497 e. The molecule has 1 heterocycles. The monoisotopic (exact) mass is 444 g/mol. The van der Waals surface area contributed by atoms with Gasteiger partial charge in [0.1, 0.15) is 22.9 Å². The van der Waals surface area contributed by atoms with Crippen LogP contribution in [-0.2, 0) is 9.59 Å². The van der Waals surface area contributed by atoms with Crippen molar-refractivity contribution in [3.8, 4) is 17.2 Å². The molecule has 0 unspecified atom stereocenters. The summed E-state index contributed by atoms with van der Waals surface area (Å²) in [5.74, 6) is 0.889. The van der Waals surface area contributed by atoms with Crippen molar-refractivity contribution in [1.82, 2.24) is 0 Å². The standard InChI is InChI=1S/C26H24N2O5/c1-4-33-20-13-9-17(10-14-20)23-24(27-18-11-15-19(31-2)16-12-18)26(30)28(25(23)29)21-7-5-6-8-22(21)32-3/h5-16,27H,4H2,1-3H3. The van der Waals surface area contributed by atoms with Crippen molar-refractivity contribution in [3.05, 3.63) is 84.1 Å². The van der Waals surface area contributed by atoms with Gasteiger partial charge in [-0.2, -0.15) is 0 Å². The average molecular weight is 444 g/mol. The van der Waals surface area contributed by atoms with Crippen molar-refractivity contribution in [3.63, 3.8) is 0 Å². The Labute approximate surface area is 192 Å². The number of anilines is 2. The molecule has 0 bridgehead atoms.